The summed E-state index contributed by atoms with van der Waals surface area (Å²) in [5, 5.41) is 0. The van der Waals surface area contributed by atoms with Gasteiger partial charge in [0.2, 0.25) is 0 Å². The summed E-state index contributed by atoms with van der Waals surface area (Å²) in [6.45, 7) is 6.99. The van der Waals surface area contributed by atoms with Gasteiger partial charge < -0.3 is 10.5 Å². The van der Waals surface area contributed by atoms with Gasteiger partial charge in [0.15, 0.2) is 0 Å². The first-order valence-electron chi connectivity index (χ1n) is 7.24. The molecule has 0 saturated carbocycles. The van der Waals surface area contributed by atoms with Crippen LogP contribution in [-0.2, 0) is 0 Å². The largest absolute Gasteiger partial charge is 0.494 e. The lowest BCUT2D eigenvalue weighted by molar-refractivity contribution is 0.318. The maximum Gasteiger partial charge on any atom is 0.119 e. The maximum absolute atomic E-state index is 5.82. The molecule has 0 bridgehead atoms. The molecule has 0 aliphatic heterocycles. The Kier molecular flexibility index (Phi) is 5.57. The Balaban J connectivity index is 1.73. The minimum atomic E-state index is 0.754. The third kappa shape index (κ3) is 5.01. The molecule has 112 valence electrons. The van der Waals surface area contributed by atoms with E-state index in [0.29, 0.717) is 0 Å². The first kappa shape index (κ1) is 15.8. The Morgan fingerprint density at radius 1 is 1.00 bits per heavy atom. The second-order valence-corrected chi connectivity index (χ2v) is 6.56. The highest BCUT2D eigenvalue weighted by molar-refractivity contribution is 7.99. The van der Waals surface area contributed by atoms with Gasteiger partial charge in [0.25, 0.3) is 0 Å². The van der Waals surface area contributed by atoms with E-state index in [9.17, 15) is 0 Å². The first-order valence-corrected chi connectivity index (χ1v) is 8.23. The Labute approximate surface area is 131 Å². The van der Waals surface area contributed by atoms with Gasteiger partial charge in [-0.15, -0.1) is 11.8 Å². The van der Waals surface area contributed by atoms with Crippen molar-refractivity contribution in [3.8, 4) is 5.75 Å². The molecule has 0 aliphatic carbocycles. The van der Waals surface area contributed by atoms with E-state index in [4.69, 9.17) is 10.5 Å². The minimum absolute atomic E-state index is 0.754. The van der Waals surface area contributed by atoms with Crippen molar-refractivity contribution in [1.29, 1.82) is 0 Å². The number of ether oxygens (including phenoxy) is 1. The Hall–Kier alpha value is -1.61. The SMILES string of the molecule is Cc1cc(C)cc(OCCCSc2ccc(N)c(C)c2)c1. The zero-order valence-corrected chi connectivity index (χ0v) is 13.8. The summed E-state index contributed by atoms with van der Waals surface area (Å²) in [4.78, 5) is 1.27. The molecule has 0 spiro atoms. The predicted octanol–water partition coefficient (Wildman–Crippen LogP) is 4.76. The molecular formula is C18H23NOS. The normalized spacial score (nSPS) is 10.6. The van der Waals surface area contributed by atoms with E-state index in [1.165, 1.54) is 16.0 Å². The van der Waals surface area contributed by atoms with Gasteiger partial charge in [-0.25, -0.2) is 0 Å². The summed E-state index contributed by atoms with van der Waals surface area (Å²) in [7, 11) is 0. The van der Waals surface area contributed by atoms with Crippen molar-refractivity contribution < 1.29 is 4.74 Å². The van der Waals surface area contributed by atoms with E-state index < -0.39 is 0 Å². The molecule has 0 radical (unpaired) electrons. The second kappa shape index (κ2) is 7.41. The lowest BCUT2D eigenvalue weighted by atomic mass is 10.1. The van der Waals surface area contributed by atoms with E-state index in [1.807, 2.05) is 24.8 Å². The minimum Gasteiger partial charge on any atom is -0.494 e. The number of anilines is 1. The van der Waals surface area contributed by atoms with Crippen LogP contribution in [0.4, 0.5) is 5.69 Å². The van der Waals surface area contributed by atoms with Crippen LogP contribution in [0, 0.1) is 20.8 Å². The van der Waals surface area contributed by atoms with Gasteiger partial charge in [0.1, 0.15) is 5.75 Å². The number of nitrogens with two attached hydrogens (primary N) is 1. The van der Waals surface area contributed by atoms with Crippen LogP contribution in [0.5, 0.6) is 5.75 Å². The number of nitrogen functional groups attached to an aromatic ring is 1. The average Bonchev–Trinajstić information content (AvgIpc) is 2.41. The van der Waals surface area contributed by atoms with E-state index in [2.05, 4.69) is 44.2 Å². The summed E-state index contributed by atoms with van der Waals surface area (Å²) < 4.78 is 5.82. The lowest BCUT2D eigenvalue weighted by Crippen LogP contribution is -1.99. The van der Waals surface area contributed by atoms with E-state index in [1.54, 1.807) is 0 Å². The fraction of sp³-hybridized carbons (Fsp3) is 0.333. The molecule has 2 N–H and O–H groups in total. The lowest BCUT2D eigenvalue weighted by Gasteiger charge is -2.08. The molecule has 2 rings (SSSR count). The van der Waals surface area contributed by atoms with Crippen LogP contribution in [0.15, 0.2) is 41.3 Å². The van der Waals surface area contributed by atoms with Crippen molar-refractivity contribution in [2.24, 2.45) is 0 Å². The predicted molar refractivity (Wildman–Crippen MR) is 92.3 cm³/mol. The third-order valence-electron chi connectivity index (χ3n) is 3.26. The highest BCUT2D eigenvalue weighted by atomic mass is 32.2. The Morgan fingerprint density at radius 3 is 2.38 bits per heavy atom. The second-order valence-electron chi connectivity index (χ2n) is 5.39. The maximum atomic E-state index is 5.82. The molecule has 0 atom stereocenters. The zero-order valence-electron chi connectivity index (χ0n) is 13.0. The van der Waals surface area contributed by atoms with Crippen LogP contribution in [0.1, 0.15) is 23.1 Å². The van der Waals surface area contributed by atoms with Crippen molar-refractivity contribution in [2.75, 3.05) is 18.1 Å². The van der Waals surface area contributed by atoms with E-state index in [-0.39, 0.29) is 0 Å². The molecular weight excluding hydrogens is 278 g/mol. The number of rotatable bonds is 6. The number of hydrogen-bond donors (Lipinski definition) is 1. The van der Waals surface area contributed by atoms with Crippen molar-refractivity contribution in [3.63, 3.8) is 0 Å². The number of benzene rings is 2. The molecule has 3 heteroatoms. The monoisotopic (exact) mass is 301 g/mol. The van der Waals surface area contributed by atoms with Gasteiger partial charge >= 0.3 is 0 Å². The number of thioether (sulfide) groups is 1. The van der Waals surface area contributed by atoms with E-state index in [0.717, 1.165) is 35.8 Å². The van der Waals surface area contributed by atoms with Gasteiger partial charge in [-0.3, -0.25) is 0 Å². The molecule has 0 amide bonds. The molecule has 0 unspecified atom stereocenters. The van der Waals surface area contributed by atoms with E-state index >= 15 is 0 Å². The van der Waals surface area contributed by atoms with Gasteiger partial charge in [0, 0.05) is 16.3 Å². The quantitative estimate of drug-likeness (QED) is 0.475. The van der Waals surface area contributed by atoms with Gasteiger partial charge in [-0.05, 0) is 74.2 Å². The first-order chi connectivity index (χ1) is 10.0. The molecule has 0 fully saturated rings. The highest BCUT2D eigenvalue weighted by Gasteiger charge is 2.00. The standard InChI is InChI=1S/C18H23NOS/c1-13-9-14(2)11-16(10-13)20-7-4-8-21-17-5-6-18(19)15(3)12-17/h5-6,9-12H,4,7-8,19H2,1-3H3. The Morgan fingerprint density at radius 2 is 1.71 bits per heavy atom. The molecule has 2 nitrogen and oxygen atoms in total. The molecule has 2 aromatic carbocycles. The van der Waals surface area contributed by atoms with Crippen LogP contribution in [0.25, 0.3) is 0 Å². The summed E-state index contributed by atoms with van der Waals surface area (Å²) in [6.07, 6.45) is 1.03. The van der Waals surface area contributed by atoms with Crippen LogP contribution in [0.2, 0.25) is 0 Å². The molecule has 0 heterocycles. The topological polar surface area (TPSA) is 35.2 Å². The summed E-state index contributed by atoms with van der Waals surface area (Å²) in [5.74, 6) is 2.02. The van der Waals surface area contributed by atoms with Crippen LogP contribution < -0.4 is 10.5 Å². The van der Waals surface area contributed by atoms with Gasteiger partial charge in [-0.2, -0.15) is 0 Å². The summed E-state index contributed by atoms with van der Waals surface area (Å²) in [5.41, 5.74) is 10.3. The molecule has 0 aromatic heterocycles. The summed E-state index contributed by atoms with van der Waals surface area (Å²) >= 11 is 1.85. The Bertz CT molecular complexity index is 590. The molecule has 2 aromatic rings. The fourth-order valence-corrected chi connectivity index (χ4v) is 3.12. The van der Waals surface area contributed by atoms with Crippen molar-refractivity contribution in [2.45, 2.75) is 32.1 Å². The summed E-state index contributed by atoms with van der Waals surface area (Å²) in [6, 6.07) is 12.5. The van der Waals surface area contributed by atoms with Crippen LogP contribution in [0.3, 0.4) is 0 Å². The number of hydrogen-bond acceptors (Lipinski definition) is 3. The molecule has 0 saturated heterocycles. The smallest absolute Gasteiger partial charge is 0.119 e. The van der Waals surface area contributed by atoms with Gasteiger partial charge in [0.05, 0.1) is 6.61 Å². The van der Waals surface area contributed by atoms with Crippen LogP contribution in [-0.4, -0.2) is 12.4 Å². The van der Waals surface area contributed by atoms with Crippen molar-refractivity contribution >= 4 is 17.4 Å². The third-order valence-corrected chi connectivity index (χ3v) is 4.34. The van der Waals surface area contributed by atoms with Crippen molar-refractivity contribution in [3.05, 3.63) is 53.1 Å². The molecule has 0 aliphatic rings. The number of aryl methyl sites for hydroxylation is 3. The van der Waals surface area contributed by atoms with Crippen LogP contribution >= 0.6 is 11.8 Å². The van der Waals surface area contributed by atoms with Crippen molar-refractivity contribution in [1.82, 2.24) is 0 Å². The molecule has 21 heavy (non-hydrogen) atoms. The average molecular weight is 301 g/mol. The highest BCUT2D eigenvalue weighted by Crippen LogP contribution is 2.23. The fourth-order valence-electron chi connectivity index (χ4n) is 2.19. The zero-order chi connectivity index (χ0) is 15.2. The van der Waals surface area contributed by atoms with Gasteiger partial charge in [-0.1, -0.05) is 6.07 Å².